The molecular formula is C9H8N2O2. The van der Waals surface area contributed by atoms with E-state index in [4.69, 9.17) is 0 Å². The smallest absolute Gasteiger partial charge is 0.259 e. The number of nitroso groups, excluding NO2 is 1. The average Bonchev–Trinajstić information content (AvgIpc) is 2.41. The molecule has 0 fully saturated rings. The molecule has 0 saturated heterocycles. The fraction of sp³-hybridized carbons (Fsp3) is 0.222. The number of likely N-dealkylation sites (N-methyl/N-ethyl adjacent to an activating group) is 1. The highest BCUT2D eigenvalue weighted by molar-refractivity contribution is 6.04. The first-order chi connectivity index (χ1) is 6.25. The summed E-state index contributed by atoms with van der Waals surface area (Å²) in [5.74, 6) is -0.254. The largest absolute Gasteiger partial charge is 0.313 e. The molecule has 1 unspecified atom stereocenters. The first kappa shape index (κ1) is 7.91. The van der Waals surface area contributed by atoms with Gasteiger partial charge in [0.2, 0.25) is 0 Å². The van der Waals surface area contributed by atoms with Gasteiger partial charge < -0.3 is 4.90 Å². The zero-order valence-electron chi connectivity index (χ0n) is 7.10. The van der Waals surface area contributed by atoms with Crippen LogP contribution in [0.1, 0.15) is 11.6 Å². The van der Waals surface area contributed by atoms with Crippen molar-refractivity contribution >= 4 is 11.6 Å². The molecular weight excluding hydrogens is 168 g/mol. The van der Waals surface area contributed by atoms with Crippen LogP contribution in [0, 0.1) is 4.91 Å². The highest BCUT2D eigenvalue weighted by Gasteiger charge is 2.35. The monoisotopic (exact) mass is 176 g/mol. The van der Waals surface area contributed by atoms with Crippen molar-refractivity contribution in [2.75, 3.05) is 11.9 Å². The number of nitrogens with zero attached hydrogens (tertiary/aromatic N) is 2. The van der Waals surface area contributed by atoms with E-state index in [1.807, 2.05) is 6.07 Å². The maximum Gasteiger partial charge on any atom is 0.259 e. The van der Waals surface area contributed by atoms with E-state index in [2.05, 4.69) is 5.18 Å². The molecule has 13 heavy (non-hydrogen) atoms. The summed E-state index contributed by atoms with van der Waals surface area (Å²) in [7, 11) is 1.65. The summed E-state index contributed by atoms with van der Waals surface area (Å²) >= 11 is 0. The van der Waals surface area contributed by atoms with Gasteiger partial charge in [0.15, 0.2) is 6.04 Å². The number of amides is 1. The van der Waals surface area contributed by atoms with Crippen molar-refractivity contribution in [3.8, 4) is 0 Å². The van der Waals surface area contributed by atoms with E-state index < -0.39 is 6.04 Å². The maximum absolute atomic E-state index is 11.4. The minimum Gasteiger partial charge on any atom is -0.313 e. The van der Waals surface area contributed by atoms with Crippen LogP contribution in [0.3, 0.4) is 0 Å². The number of rotatable bonds is 1. The van der Waals surface area contributed by atoms with E-state index in [1.165, 1.54) is 4.90 Å². The number of anilines is 1. The first-order valence-electron chi connectivity index (χ1n) is 3.94. The lowest BCUT2D eigenvalue weighted by atomic mass is 10.1. The van der Waals surface area contributed by atoms with Crippen LogP contribution in [0.25, 0.3) is 0 Å². The van der Waals surface area contributed by atoms with Crippen LogP contribution in [-0.4, -0.2) is 13.0 Å². The SMILES string of the molecule is CN1C(=O)C(N=O)c2ccccc21. The quantitative estimate of drug-likeness (QED) is 0.608. The van der Waals surface area contributed by atoms with Gasteiger partial charge in [-0.2, -0.15) is 0 Å². The molecule has 1 atom stereocenters. The van der Waals surface area contributed by atoms with Gasteiger partial charge in [0.1, 0.15) is 0 Å². The molecule has 2 rings (SSSR count). The Bertz CT molecular complexity index is 376. The van der Waals surface area contributed by atoms with Gasteiger partial charge in [0.05, 0.1) is 0 Å². The Morgan fingerprint density at radius 2 is 2.08 bits per heavy atom. The van der Waals surface area contributed by atoms with Crippen molar-refractivity contribution in [2.45, 2.75) is 6.04 Å². The molecule has 66 valence electrons. The molecule has 0 radical (unpaired) electrons. The molecule has 4 heteroatoms. The molecule has 0 N–H and O–H groups in total. The lowest BCUT2D eigenvalue weighted by molar-refractivity contribution is -0.118. The van der Waals surface area contributed by atoms with Gasteiger partial charge in [-0.3, -0.25) is 4.79 Å². The summed E-state index contributed by atoms with van der Waals surface area (Å²) in [5, 5.41) is 2.82. The van der Waals surface area contributed by atoms with E-state index in [0.29, 0.717) is 5.56 Å². The van der Waals surface area contributed by atoms with Crippen LogP contribution in [0.2, 0.25) is 0 Å². The summed E-state index contributed by atoms with van der Waals surface area (Å²) in [5.41, 5.74) is 1.47. The van der Waals surface area contributed by atoms with Gasteiger partial charge in [0.25, 0.3) is 5.91 Å². The summed E-state index contributed by atoms with van der Waals surface area (Å²) < 4.78 is 0. The van der Waals surface area contributed by atoms with Gasteiger partial charge in [-0.05, 0) is 6.07 Å². The van der Waals surface area contributed by atoms with Crippen LogP contribution >= 0.6 is 0 Å². The number of hydrogen-bond acceptors (Lipinski definition) is 3. The molecule has 0 spiro atoms. The van der Waals surface area contributed by atoms with Gasteiger partial charge >= 0.3 is 0 Å². The summed E-state index contributed by atoms with van der Waals surface area (Å²) in [4.78, 5) is 23.3. The number of carbonyl (C=O) groups excluding carboxylic acids is 1. The Morgan fingerprint density at radius 1 is 1.38 bits per heavy atom. The van der Waals surface area contributed by atoms with Crippen LogP contribution in [-0.2, 0) is 4.79 Å². The van der Waals surface area contributed by atoms with Crippen molar-refractivity contribution < 1.29 is 4.79 Å². The lowest BCUT2D eigenvalue weighted by Gasteiger charge is -2.08. The first-order valence-corrected chi connectivity index (χ1v) is 3.94. The Balaban J connectivity index is 2.59. The van der Waals surface area contributed by atoms with Crippen molar-refractivity contribution in [1.82, 2.24) is 0 Å². The minimum absolute atomic E-state index is 0.254. The predicted molar refractivity (Wildman–Crippen MR) is 48.4 cm³/mol. The zero-order valence-corrected chi connectivity index (χ0v) is 7.10. The topological polar surface area (TPSA) is 49.7 Å². The Morgan fingerprint density at radius 3 is 2.77 bits per heavy atom. The number of hydrogen-bond donors (Lipinski definition) is 0. The second-order valence-electron chi connectivity index (χ2n) is 2.96. The third-order valence-electron chi connectivity index (χ3n) is 2.26. The molecule has 1 aromatic carbocycles. The molecule has 0 aromatic heterocycles. The van der Waals surface area contributed by atoms with E-state index >= 15 is 0 Å². The average molecular weight is 176 g/mol. The molecule has 1 heterocycles. The summed E-state index contributed by atoms with van der Waals surface area (Å²) in [6.07, 6.45) is 0. The lowest BCUT2D eigenvalue weighted by Crippen LogP contribution is -2.22. The number of carbonyl (C=O) groups is 1. The molecule has 0 bridgehead atoms. The molecule has 4 nitrogen and oxygen atoms in total. The maximum atomic E-state index is 11.4. The van der Waals surface area contributed by atoms with Crippen molar-refractivity contribution in [1.29, 1.82) is 0 Å². The predicted octanol–water partition coefficient (Wildman–Crippen LogP) is 1.47. The third kappa shape index (κ3) is 0.950. The Hall–Kier alpha value is -1.71. The van der Waals surface area contributed by atoms with Gasteiger partial charge in [-0.1, -0.05) is 23.4 Å². The van der Waals surface area contributed by atoms with Crippen LogP contribution in [0.15, 0.2) is 29.4 Å². The van der Waals surface area contributed by atoms with Crippen molar-refractivity contribution in [3.05, 3.63) is 34.7 Å². The van der Waals surface area contributed by atoms with Gasteiger partial charge in [0, 0.05) is 18.3 Å². The number of benzene rings is 1. The standard InChI is InChI=1S/C9H8N2O2/c1-11-7-5-3-2-4-6(7)8(10-13)9(11)12/h2-5,8H,1H3. The summed E-state index contributed by atoms with van der Waals surface area (Å²) in [6.45, 7) is 0. The molecule has 1 amide bonds. The van der Waals surface area contributed by atoms with E-state index in [0.717, 1.165) is 5.69 Å². The van der Waals surface area contributed by atoms with Crippen molar-refractivity contribution in [3.63, 3.8) is 0 Å². The van der Waals surface area contributed by atoms with Gasteiger partial charge in [-0.25, -0.2) is 0 Å². The second kappa shape index (κ2) is 2.65. The summed E-state index contributed by atoms with van der Waals surface area (Å²) in [6, 6.07) is 6.33. The normalized spacial score (nSPS) is 20.2. The minimum atomic E-state index is -0.846. The molecule has 0 aliphatic carbocycles. The van der Waals surface area contributed by atoms with Crippen molar-refractivity contribution in [2.24, 2.45) is 5.18 Å². The van der Waals surface area contributed by atoms with Crippen LogP contribution < -0.4 is 4.90 Å². The third-order valence-corrected chi connectivity index (χ3v) is 2.26. The van der Waals surface area contributed by atoms with E-state index in [1.54, 1.807) is 25.2 Å². The highest BCUT2D eigenvalue weighted by atomic mass is 16.3. The van der Waals surface area contributed by atoms with Crippen LogP contribution in [0.4, 0.5) is 5.69 Å². The molecule has 1 aliphatic rings. The number of para-hydroxylation sites is 1. The Kier molecular flexibility index (Phi) is 1.62. The molecule has 1 aromatic rings. The zero-order chi connectivity index (χ0) is 9.42. The van der Waals surface area contributed by atoms with E-state index in [9.17, 15) is 9.70 Å². The second-order valence-corrected chi connectivity index (χ2v) is 2.96. The highest BCUT2D eigenvalue weighted by Crippen LogP contribution is 2.36. The Labute approximate surface area is 75.1 Å². The molecule has 0 saturated carbocycles. The fourth-order valence-electron chi connectivity index (χ4n) is 1.56. The molecule has 1 aliphatic heterocycles. The van der Waals surface area contributed by atoms with E-state index in [-0.39, 0.29) is 5.91 Å². The number of fused-ring (bicyclic) bond motifs is 1. The fourth-order valence-corrected chi connectivity index (χ4v) is 1.56. The van der Waals surface area contributed by atoms with Crippen LogP contribution in [0.5, 0.6) is 0 Å². The van der Waals surface area contributed by atoms with Gasteiger partial charge in [-0.15, -0.1) is 4.91 Å².